The first kappa shape index (κ1) is 20.5. The van der Waals surface area contributed by atoms with Gasteiger partial charge in [-0.2, -0.15) is 13.4 Å². The number of aromatic nitrogens is 2. The molecule has 8 nitrogen and oxygen atoms in total. The van der Waals surface area contributed by atoms with Crippen LogP contribution in [0.4, 0.5) is 0 Å². The van der Waals surface area contributed by atoms with Gasteiger partial charge in [0.2, 0.25) is 5.89 Å². The normalized spacial score (nSPS) is 11.4. The summed E-state index contributed by atoms with van der Waals surface area (Å²) >= 11 is 0. The van der Waals surface area contributed by atoms with Crippen molar-refractivity contribution in [3.63, 3.8) is 0 Å². The standard InChI is InChI=1S/C22H18N2O6S/c1-3-28-22(25)15-7-4-5-9-19(15)31(26,27)30-17-11-10-14(2)13-16(17)21-24-20-18(29-21)8-6-12-23-20/h4-13H,3H2,1-2H3. The number of oxazole rings is 1. The molecule has 0 spiro atoms. The molecule has 158 valence electrons. The minimum atomic E-state index is -4.37. The lowest BCUT2D eigenvalue weighted by Gasteiger charge is -2.13. The van der Waals surface area contributed by atoms with Crippen molar-refractivity contribution in [2.45, 2.75) is 18.7 Å². The Kier molecular flexibility index (Phi) is 5.43. The SMILES string of the molecule is CCOC(=O)c1ccccc1S(=O)(=O)Oc1ccc(C)cc1-c1nc2ncccc2o1. The molecule has 0 unspecified atom stereocenters. The fourth-order valence-corrected chi connectivity index (χ4v) is 4.13. The van der Waals surface area contributed by atoms with E-state index < -0.39 is 16.1 Å². The summed E-state index contributed by atoms with van der Waals surface area (Å²) in [5.74, 6) is -0.573. The first-order valence-corrected chi connectivity index (χ1v) is 10.8. The highest BCUT2D eigenvalue weighted by Crippen LogP contribution is 2.34. The van der Waals surface area contributed by atoms with Crippen molar-refractivity contribution in [3.05, 3.63) is 71.9 Å². The van der Waals surface area contributed by atoms with Crippen LogP contribution in [0.25, 0.3) is 22.7 Å². The van der Waals surface area contributed by atoms with E-state index in [1.54, 1.807) is 43.5 Å². The molecule has 31 heavy (non-hydrogen) atoms. The summed E-state index contributed by atoms with van der Waals surface area (Å²) in [6.45, 7) is 3.60. The molecule has 0 fully saturated rings. The van der Waals surface area contributed by atoms with Crippen molar-refractivity contribution in [2.24, 2.45) is 0 Å². The van der Waals surface area contributed by atoms with E-state index in [1.807, 2.05) is 6.92 Å². The van der Waals surface area contributed by atoms with Crippen LogP contribution in [0.2, 0.25) is 0 Å². The second-order valence-corrected chi connectivity index (χ2v) is 8.11. The monoisotopic (exact) mass is 438 g/mol. The maximum atomic E-state index is 13.1. The average molecular weight is 438 g/mol. The molecule has 2 aromatic carbocycles. The van der Waals surface area contributed by atoms with Gasteiger partial charge in [-0.25, -0.2) is 9.78 Å². The lowest BCUT2D eigenvalue weighted by atomic mass is 10.1. The van der Waals surface area contributed by atoms with Crippen LogP contribution in [-0.2, 0) is 14.9 Å². The summed E-state index contributed by atoms with van der Waals surface area (Å²) in [4.78, 5) is 20.4. The number of aryl methyl sites for hydroxylation is 1. The summed E-state index contributed by atoms with van der Waals surface area (Å²) in [6, 6.07) is 14.0. The maximum absolute atomic E-state index is 13.1. The van der Waals surface area contributed by atoms with Crippen molar-refractivity contribution in [2.75, 3.05) is 6.61 Å². The largest absolute Gasteiger partial charge is 0.462 e. The van der Waals surface area contributed by atoms with Gasteiger partial charge in [-0.1, -0.05) is 23.8 Å². The van der Waals surface area contributed by atoms with E-state index in [0.717, 1.165) is 5.56 Å². The fraction of sp³-hybridized carbons (Fsp3) is 0.136. The zero-order valence-corrected chi connectivity index (χ0v) is 17.5. The number of pyridine rings is 1. The number of carbonyl (C=O) groups excluding carboxylic acids is 1. The Bertz CT molecular complexity index is 1340. The van der Waals surface area contributed by atoms with E-state index in [9.17, 15) is 13.2 Å². The molecule has 0 saturated heterocycles. The van der Waals surface area contributed by atoms with Gasteiger partial charge in [-0.05, 0) is 50.2 Å². The quantitative estimate of drug-likeness (QED) is 0.326. The maximum Gasteiger partial charge on any atom is 0.340 e. The molecule has 0 N–H and O–H groups in total. The third-order valence-electron chi connectivity index (χ3n) is 4.38. The minimum Gasteiger partial charge on any atom is -0.462 e. The number of benzene rings is 2. The first-order chi connectivity index (χ1) is 14.9. The Balaban J connectivity index is 1.78. The summed E-state index contributed by atoms with van der Waals surface area (Å²) in [5, 5.41) is 0. The van der Waals surface area contributed by atoms with Crippen LogP contribution in [0.3, 0.4) is 0 Å². The second kappa shape index (κ2) is 8.19. The molecule has 0 aliphatic heterocycles. The molecule has 4 rings (SSSR count). The third kappa shape index (κ3) is 4.13. The molecule has 0 radical (unpaired) electrons. The molecule has 2 aromatic heterocycles. The van der Waals surface area contributed by atoms with Crippen LogP contribution in [0.15, 0.2) is 70.1 Å². The van der Waals surface area contributed by atoms with Crippen LogP contribution < -0.4 is 4.18 Å². The first-order valence-electron chi connectivity index (χ1n) is 9.42. The van der Waals surface area contributed by atoms with E-state index in [0.29, 0.717) is 16.8 Å². The van der Waals surface area contributed by atoms with Gasteiger partial charge < -0.3 is 13.3 Å². The molecule has 9 heteroatoms. The highest BCUT2D eigenvalue weighted by atomic mass is 32.2. The van der Waals surface area contributed by atoms with Gasteiger partial charge in [0.05, 0.1) is 17.7 Å². The second-order valence-electron chi connectivity index (χ2n) is 6.60. The molecule has 4 aromatic rings. The lowest BCUT2D eigenvalue weighted by Crippen LogP contribution is -2.16. The van der Waals surface area contributed by atoms with Gasteiger partial charge in [0.25, 0.3) is 0 Å². The number of rotatable bonds is 6. The molecule has 0 atom stereocenters. The summed E-state index contributed by atoms with van der Waals surface area (Å²) < 4.78 is 42.3. The Morgan fingerprint density at radius 1 is 1.10 bits per heavy atom. The molecule has 0 aliphatic rings. The Morgan fingerprint density at radius 3 is 2.68 bits per heavy atom. The van der Waals surface area contributed by atoms with Crippen molar-refractivity contribution in [1.29, 1.82) is 0 Å². The van der Waals surface area contributed by atoms with Crippen LogP contribution >= 0.6 is 0 Å². The molecule has 0 bridgehead atoms. The average Bonchev–Trinajstić information content (AvgIpc) is 3.19. The Morgan fingerprint density at radius 2 is 1.90 bits per heavy atom. The number of ether oxygens (including phenoxy) is 1. The van der Waals surface area contributed by atoms with Gasteiger partial charge in [0.1, 0.15) is 4.90 Å². The summed E-state index contributed by atoms with van der Waals surface area (Å²) in [7, 11) is -4.37. The number of nitrogens with zero attached hydrogens (tertiary/aromatic N) is 2. The van der Waals surface area contributed by atoms with Crippen molar-refractivity contribution in [3.8, 4) is 17.2 Å². The minimum absolute atomic E-state index is 0.0100. The van der Waals surface area contributed by atoms with Gasteiger partial charge >= 0.3 is 16.1 Å². The van der Waals surface area contributed by atoms with Crippen LogP contribution in [-0.4, -0.2) is 31.0 Å². The predicted molar refractivity (Wildman–Crippen MR) is 112 cm³/mol. The topological polar surface area (TPSA) is 109 Å². The summed E-state index contributed by atoms with van der Waals surface area (Å²) in [5.41, 5.74) is 1.93. The molecule has 0 amide bonds. The van der Waals surface area contributed by atoms with E-state index in [2.05, 4.69) is 9.97 Å². The van der Waals surface area contributed by atoms with Gasteiger partial charge in [0.15, 0.2) is 17.0 Å². The van der Waals surface area contributed by atoms with Crippen LogP contribution in [0.5, 0.6) is 5.75 Å². The third-order valence-corrected chi connectivity index (χ3v) is 5.68. The van der Waals surface area contributed by atoms with Crippen LogP contribution in [0, 0.1) is 6.92 Å². The smallest absolute Gasteiger partial charge is 0.340 e. The van der Waals surface area contributed by atoms with Gasteiger partial charge in [-0.3, -0.25) is 0 Å². The zero-order valence-electron chi connectivity index (χ0n) is 16.7. The lowest BCUT2D eigenvalue weighted by molar-refractivity contribution is 0.0521. The number of fused-ring (bicyclic) bond motifs is 1. The Labute approximate surface area is 178 Å². The van der Waals surface area contributed by atoms with E-state index in [1.165, 1.54) is 24.3 Å². The molecular weight excluding hydrogens is 420 g/mol. The van der Waals surface area contributed by atoms with Gasteiger partial charge in [-0.15, -0.1) is 0 Å². The van der Waals surface area contributed by atoms with Crippen molar-refractivity contribution >= 4 is 27.3 Å². The fourth-order valence-electron chi connectivity index (χ4n) is 2.99. The molecule has 2 heterocycles. The summed E-state index contributed by atoms with van der Waals surface area (Å²) in [6.07, 6.45) is 1.58. The van der Waals surface area contributed by atoms with Crippen molar-refractivity contribution < 1.29 is 26.5 Å². The number of hydrogen-bond donors (Lipinski definition) is 0. The number of esters is 1. The van der Waals surface area contributed by atoms with E-state index in [4.69, 9.17) is 13.3 Å². The van der Waals surface area contributed by atoms with E-state index in [-0.39, 0.29) is 28.7 Å². The molecule has 0 saturated carbocycles. The Hall–Kier alpha value is -3.72. The number of carbonyl (C=O) groups is 1. The van der Waals surface area contributed by atoms with Gasteiger partial charge in [0, 0.05) is 6.20 Å². The molecular formula is C22H18N2O6S. The number of hydrogen-bond acceptors (Lipinski definition) is 8. The highest BCUT2D eigenvalue weighted by Gasteiger charge is 2.27. The zero-order chi connectivity index (χ0) is 22.0. The molecule has 0 aliphatic carbocycles. The van der Waals surface area contributed by atoms with Crippen LogP contribution in [0.1, 0.15) is 22.8 Å². The highest BCUT2D eigenvalue weighted by molar-refractivity contribution is 7.87. The van der Waals surface area contributed by atoms with E-state index >= 15 is 0 Å². The van der Waals surface area contributed by atoms with Crippen molar-refractivity contribution in [1.82, 2.24) is 9.97 Å². The predicted octanol–water partition coefficient (Wildman–Crippen LogP) is 4.14.